The van der Waals surface area contributed by atoms with Crippen molar-refractivity contribution in [2.24, 2.45) is 10.7 Å². The predicted octanol–water partition coefficient (Wildman–Crippen LogP) is 2.87. The number of thiazole rings is 1. The normalized spacial score (nSPS) is 15.7. The Kier molecular flexibility index (Phi) is 5.29. The van der Waals surface area contributed by atoms with Crippen LogP contribution in [0.5, 0.6) is 0 Å². The molecule has 0 aliphatic carbocycles. The number of aryl methyl sites for hydroxylation is 1. The summed E-state index contributed by atoms with van der Waals surface area (Å²) in [6.07, 6.45) is 5.90. The molecule has 0 radical (unpaired) electrons. The van der Waals surface area contributed by atoms with Gasteiger partial charge in [0.25, 0.3) is 0 Å². The predicted molar refractivity (Wildman–Crippen MR) is 114 cm³/mol. The van der Waals surface area contributed by atoms with Crippen LogP contribution in [0.2, 0.25) is 0 Å². The van der Waals surface area contributed by atoms with Gasteiger partial charge in [0.1, 0.15) is 0 Å². The number of aromatic nitrogens is 2. The molecule has 3 N–H and O–H groups in total. The maximum atomic E-state index is 6.25. The van der Waals surface area contributed by atoms with Gasteiger partial charge in [0, 0.05) is 61.4 Å². The Labute approximate surface area is 163 Å². The van der Waals surface area contributed by atoms with Crippen molar-refractivity contribution in [1.29, 1.82) is 0 Å². The number of nitrogens with one attached hydrogen (secondary N) is 1. The number of rotatable bonds is 5. The van der Waals surface area contributed by atoms with Gasteiger partial charge in [-0.15, -0.1) is 11.3 Å². The standard InChI is InChI=1S/C20H26N6S/c1-2-15-4-3-5-17-16(14-24-18(15)17)6-7-22-19(21)25-9-11-26(12-10-25)20-23-8-13-27-20/h3-5,8,13-14,24H,2,6-7,9-12H2,1H3,(H2,21,22). The van der Waals surface area contributed by atoms with E-state index in [2.05, 4.69) is 56.1 Å². The molecule has 0 saturated carbocycles. The van der Waals surface area contributed by atoms with Gasteiger partial charge >= 0.3 is 0 Å². The molecule has 0 atom stereocenters. The van der Waals surface area contributed by atoms with Gasteiger partial charge in [0.05, 0.1) is 0 Å². The fourth-order valence-electron chi connectivity index (χ4n) is 3.67. The minimum absolute atomic E-state index is 0.655. The molecule has 0 amide bonds. The number of fused-ring (bicyclic) bond motifs is 1. The van der Waals surface area contributed by atoms with Crippen LogP contribution in [0.25, 0.3) is 10.9 Å². The van der Waals surface area contributed by atoms with E-state index in [0.717, 1.165) is 44.2 Å². The first kappa shape index (κ1) is 17.9. The van der Waals surface area contributed by atoms with Crippen molar-refractivity contribution in [1.82, 2.24) is 14.9 Å². The van der Waals surface area contributed by atoms with Gasteiger partial charge in [-0.1, -0.05) is 25.1 Å². The summed E-state index contributed by atoms with van der Waals surface area (Å²) in [6.45, 7) is 6.55. The summed E-state index contributed by atoms with van der Waals surface area (Å²) in [6, 6.07) is 6.51. The Morgan fingerprint density at radius 3 is 2.85 bits per heavy atom. The van der Waals surface area contributed by atoms with Crippen LogP contribution >= 0.6 is 11.3 Å². The van der Waals surface area contributed by atoms with Crippen LogP contribution in [0.1, 0.15) is 18.1 Å². The van der Waals surface area contributed by atoms with Crippen molar-refractivity contribution in [3.63, 3.8) is 0 Å². The molecule has 27 heavy (non-hydrogen) atoms. The highest BCUT2D eigenvalue weighted by Crippen LogP contribution is 2.23. The number of aliphatic imine (C=N–C) groups is 1. The van der Waals surface area contributed by atoms with Crippen LogP contribution in [-0.4, -0.2) is 53.6 Å². The zero-order chi connectivity index (χ0) is 18.6. The summed E-state index contributed by atoms with van der Waals surface area (Å²) in [5, 5.41) is 4.42. The monoisotopic (exact) mass is 382 g/mol. The van der Waals surface area contributed by atoms with Gasteiger partial charge < -0.3 is 20.5 Å². The van der Waals surface area contributed by atoms with E-state index in [9.17, 15) is 0 Å². The zero-order valence-electron chi connectivity index (χ0n) is 15.7. The molecule has 1 aromatic carbocycles. The van der Waals surface area contributed by atoms with Crippen LogP contribution in [0, 0.1) is 0 Å². The number of H-pyrrole nitrogens is 1. The van der Waals surface area contributed by atoms with Gasteiger partial charge in [-0.2, -0.15) is 0 Å². The summed E-state index contributed by atoms with van der Waals surface area (Å²) in [7, 11) is 0. The number of para-hydroxylation sites is 1. The second-order valence-corrected chi connectivity index (χ2v) is 7.66. The smallest absolute Gasteiger partial charge is 0.191 e. The Morgan fingerprint density at radius 1 is 1.26 bits per heavy atom. The van der Waals surface area contributed by atoms with Crippen LogP contribution < -0.4 is 10.6 Å². The summed E-state index contributed by atoms with van der Waals surface area (Å²) in [4.78, 5) is 16.9. The molecule has 0 spiro atoms. The number of benzene rings is 1. The Bertz CT molecular complexity index is 906. The molecule has 3 aromatic rings. The lowest BCUT2D eigenvalue weighted by Gasteiger charge is -2.35. The summed E-state index contributed by atoms with van der Waals surface area (Å²) >= 11 is 1.69. The molecule has 2 aromatic heterocycles. The van der Waals surface area contributed by atoms with E-state index in [4.69, 9.17) is 5.73 Å². The Morgan fingerprint density at radius 2 is 2.11 bits per heavy atom. The van der Waals surface area contributed by atoms with Gasteiger partial charge in [-0.25, -0.2) is 4.98 Å². The molecule has 0 bridgehead atoms. The molecule has 3 heterocycles. The quantitative estimate of drug-likeness (QED) is 0.526. The average molecular weight is 383 g/mol. The SMILES string of the molecule is CCc1cccc2c(CCN=C(N)N3CCN(c4nccs4)CC3)c[nH]c12. The highest BCUT2D eigenvalue weighted by atomic mass is 32.1. The fourth-order valence-corrected chi connectivity index (χ4v) is 4.36. The summed E-state index contributed by atoms with van der Waals surface area (Å²) in [5.41, 5.74) is 10.2. The molecular weight excluding hydrogens is 356 g/mol. The summed E-state index contributed by atoms with van der Waals surface area (Å²) in [5.74, 6) is 0.655. The summed E-state index contributed by atoms with van der Waals surface area (Å²) < 4.78 is 0. The van der Waals surface area contributed by atoms with Crippen LogP contribution in [-0.2, 0) is 12.8 Å². The van der Waals surface area contributed by atoms with E-state index in [-0.39, 0.29) is 0 Å². The lowest BCUT2D eigenvalue weighted by Crippen LogP contribution is -2.51. The molecule has 1 aliphatic heterocycles. The lowest BCUT2D eigenvalue weighted by molar-refractivity contribution is 0.380. The van der Waals surface area contributed by atoms with E-state index in [1.54, 1.807) is 11.3 Å². The molecule has 1 aliphatic rings. The number of nitrogens with two attached hydrogens (primary N) is 1. The topological polar surface area (TPSA) is 73.5 Å². The van der Waals surface area contributed by atoms with Crippen molar-refractivity contribution in [3.05, 3.63) is 47.1 Å². The van der Waals surface area contributed by atoms with Crippen LogP contribution in [0.15, 0.2) is 41.0 Å². The minimum Gasteiger partial charge on any atom is -0.370 e. The first-order valence-electron chi connectivity index (χ1n) is 9.53. The van der Waals surface area contributed by atoms with E-state index in [1.165, 1.54) is 22.0 Å². The molecule has 0 unspecified atom stereocenters. The fraction of sp³-hybridized carbons (Fsp3) is 0.400. The highest BCUT2D eigenvalue weighted by molar-refractivity contribution is 7.13. The van der Waals surface area contributed by atoms with Crippen LogP contribution in [0.3, 0.4) is 0 Å². The van der Waals surface area contributed by atoms with Gasteiger partial charge in [0.15, 0.2) is 11.1 Å². The molecular formula is C20H26N6S. The lowest BCUT2D eigenvalue weighted by atomic mass is 10.1. The number of hydrogen-bond donors (Lipinski definition) is 2. The van der Waals surface area contributed by atoms with E-state index < -0.39 is 0 Å². The molecule has 6 nitrogen and oxygen atoms in total. The largest absolute Gasteiger partial charge is 0.370 e. The van der Waals surface area contributed by atoms with Crippen molar-refractivity contribution < 1.29 is 0 Å². The molecule has 142 valence electrons. The molecule has 4 rings (SSSR count). The Balaban J connectivity index is 1.34. The maximum Gasteiger partial charge on any atom is 0.191 e. The van der Waals surface area contributed by atoms with Crippen molar-refractivity contribution in [3.8, 4) is 0 Å². The van der Waals surface area contributed by atoms with Gasteiger partial charge in [-0.05, 0) is 24.0 Å². The third-order valence-electron chi connectivity index (χ3n) is 5.22. The number of guanidine groups is 1. The van der Waals surface area contributed by atoms with E-state index >= 15 is 0 Å². The van der Waals surface area contributed by atoms with Crippen molar-refractivity contribution in [2.75, 3.05) is 37.6 Å². The van der Waals surface area contributed by atoms with Crippen molar-refractivity contribution in [2.45, 2.75) is 19.8 Å². The van der Waals surface area contributed by atoms with Gasteiger partial charge in [-0.3, -0.25) is 4.99 Å². The highest BCUT2D eigenvalue weighted by Gasteiger charge is 2.19. The van der Waals surface area contributed by atoms with E-state index in [0.29, 0.717) is 12.5 Å². The second kappa shape index (κ2) is 8.00. The van der Waals surface area contributed by atoms with Gasteiger partial charge in [0.2, 0.25) is 0 Å². The first-order valence-corrected chi connectivity index (χ1v) is 10.4. The number of hydrogen-bond acceptors (Lipinski definition) is 4. The maximum absolute atomic E-state index is 6.25. The third kappa shape index (κ3) is 3.78. The molecule has 1 saturated heterocycles. The second-order valence-electron chi connectivity index (χ2n) is 6.79. The third-order valence-corrected chi connectivity index (χ3v) is 6.05. The number of nitrogens with zero attached hydrogens (tertiary/aromatic N) is 4. The zero-order valence-corrected chi connectivity index (χ0v) is 16.5. The van der Waals surface area contributed by atoms with E-state index in [1.807, 2.05) is 11.6 Å². The number of anilines is 1. The number of piperazine rings is 1. The Hall–Kier alpha value is -2.54. The minimum atomic E-state index is 0.655. The molecule has 1 fully saturated rings. The van der Waals surface area contributed by atoms with Crippen LogP contribution in [0.4, 0.5) is 5.13 Å². The average Bonchev–Trinajstić information content (AvgIpc) is 3.38. The first-order chi connectivity index (χ1) is 13.3. The molecule has 7 heteroatoms. The van der Waals surface area contributed by atoms with Crippen molar-refractivity contribution >= 4 is 33.3 Å². The number of aromatic amines is 1.